The van der Waals surface area contributed by atoms with Crippen molar-refractivity contribution in [2.45, 2.75) is 199 Å². The van der Waals surface area contributed by atoms with Crippen molar-refractivity contribution in [3.63, 3.8) is 0 Å². The molecule has 25 nitrogen and oxygen atoms in total. The number of likely N-dealkylation sites (N-methyl/N-ethyl adjacent to an activating group) is 7. The van der Waals surface area contributed by atoms with Gasteiger partial charge >= 0.3 is 0 Å². The maximum Gasteiger partial charge on any atom is 0.248 e. The molecule has 6 rings (SSSR count). The van der Waals surface area contributed by atoms with Gasteiger partial charge in [-0.3, -0.25) is 58.1 Å². The number of amides is 11. The molecule has 4 aromatic carbocycles. The molecule has 0 aliphatic carbocycles. The maximum atomic E-state index is 15.5. The van der Waals surface area contributed by atoms with Crippen molar-refractivity contribution >= 4 is 65.0 Å². The van der Waals surface area contributed by atoms with E-state index in [1.807, 2.05) is 47.6 Å². The highest BCUT2D eigenvalue weighted by Crippen LogP contribution is 2.24. The first kappa shape index (κ1) is 83.9. The van der Waals surface area contributed by atoms with Crippen molar-refractivity contribution in [1.29, 1.82) is 0 Å². The SMILES string of the molecule is CC(C)C[C@@H]1NC(=O)[C@H](Cc2ccccc2)N(C)C(=O)[C@H]([C@@H](C)O)NC(=O)[C@H](Cc2ccccc2)NC(=O)[C@H](Cc2ccccc2)N(C)C(=O)C[C@@H](C(=O)N2CCCCC2)NC(O)[C@H](C)N(C)C(=O)[C@H](CC(C)C)N(C)C(=O)CN(C)C(=O)[C@H](CC(C)C)N(C)C(=O)[C@H](Cc2ccccc2)N(C)C1=O. The van der Waals surface area contributed by atoms with Crippen LogP contribution in [-0.2, 0) is 78.4 Å². The second-order valence-electron chi connectivity index (χ2n) is 29.6. The molecule has 104 heavy (non-hydrogen) atoms. The Labute approximate surface area is 614 Å². The van der Waals surface area contributed by atoms with Crippen LogP contribution in [-0.4, -0.2) is 256 Å². The van der Waals surface area contributed by atoms with Crippen LogP contribution in [0.5, 0.6) is 0 Å². The summed E-state index contributed by atoms with van der Waals surface area (Å²) in [5.41, 5.74) is 2.49. The number of hydrogen-bond acceptors (Lipinski definition) is 14. The van der Waals surface area contributed by atoms with Crippen molar-refractivity contribution in [2.75, 3.05) is 69.0 Å². The lowest BCUT2D eigenvalue weighted by Crippen LogP contribution is -2.63. The molecule has 2 aliphatic heterocycles. The molecule has 2 fully saturated rings. The first-order chi connectivity index (χ1) is 49.2. The fraction of sp³-hybridized carbons (Fsp3) is 0.557. The van der Waals surface area contributed by atoms with Crippen LogP contribution in [0.15, 0.2) is 121 Å². The zero-order chi connectivity index (χ0) is 76.8. The van der Waals surface area contributed by atoms with Crippen molar-refractivity contribution in [1.82, 2.24) is 60.5 Å². The van der Waals surface area contributed by atoms with Crippen LogP contribution in [0.25, 0.3) is 0 Å². The number of likely N-dealkylation sites (tertiary alicyclic amines) is 1. The summed E-state index contributed by atoms with van der Waals surface area (Å²) in [6, 6.07) is 21.9. The lowest BCUT2D eigenvalue weighted by molar-refractivity contribution is -0.153. The summed E-state index contributed by atoms with van der Waals surface area (Å²) >= 11 is 0. The molecule has 6 N–H and O–H groups in total. The van der Waals surface area contributed by atoms with E-state index in [-0.39, 0.29) is 62.7 Å². The molecule has 2 heterocycles. The van der Waals surface area contributed by atoms with Crippen molar-refractivity contribution in [3.05, 3.63) is 144 Å². The van der Waals surface area contributed by atoms with E-state index in [1.165, 1.54) is 85.7 Å². The molecule has 1 unspecified atom stereocenters. The smallest absolute Gasteiger partial charge is 0.248 e. The minimum atomic E-state index is -1.76. The molecule has 0 bridgehead atoms. The number of carbonyl (C=O) groups excluding carboxylic acids is 11. The Morgan fingerprint density at radius 2 is 0.827 bits per heavy atom. The highest BCUT2D eigenvalue weighted by molar-refractivity contribution is 5.99. The lowest BCUT2D eigenvalue weighted by Gasteiger charge is -2.39. The van der Waals surface area contributed by atoms with Gasteiger partial charge in [0.2, 0.25) is 65.0 Å². The molecule has 4 aromatic rings. The topological polar surface area (TPSA) is 302 Å². The standard InChI is InChI=1S/C79H114N12O13/c1-50(2)41-60-74(99)89(14)66(47-58-37-27-19-28-38-58)78(103)90(15)64(42-51(3)4)76(101)84(9)49-68(94)87(12)65(43-52(5)6)77(102)85(10)53(7)70(95)81-61(75(100)91-39-29-20-30-40-91)48-67(93)86(11)62(45-56-33-23-17-24-34-56)72(97)80-59(44-55-31-21-16-22-32-55)71(96)83-69(54(8)92)79(104)88(13)63(73(98)82-60)46-57-35-25-18-26-36-57/h16-19,21-28,31-38,50-54,59-66,69-70,81,92,95H,20,29-30,39-49H2,1-15H3,(H,80,97)(H,82,98)(H,83,96)/t53-,54+,59-,60-,61-,62-,63-,64-,65-,66-,69-,70?/m0/s1. The summed E-state index contributed by atoms with van der Waals surface area (Å²) in [6.45, 7) is 14.3. The van der Waals surface area contributed by atoms with E-state index in [9.17, 15) is 24.6 Å². The Bertz CT molecular complexity index is 3510. The van der Waals surface area contributed by atoms with Gasteiger partial charge in [-0.1, -0.05) is 163 Å². The fourth-order valence-electron chi connectivity index (χ4n) is 13.4. The molecule has 11 amide bonds. The molecule has 25 heteroatoms. The monoisotopic (exact) mass is 1440 g/mol. The molecular weight excluding hydrogens is 1320 g/mol. The zero-order valence-electron chi connectivity index (χ0n) is 63.6. The number of nitrogens with zero attached hydrogens (tertiary/aromatic N) is 8. The van der Waals surface area contributed by atoms with Gasteiger partial charge in [-0.05, 0) is 92.4 Å². The van der Waals surface area contributed by atoms with Gasteiger partial charge < -0.3 is 65.4 Å². The van der Waals surface area contributed by atoms with Gasteiger partial charge in [0, 0.05) is 88.1 Å². The summed E-state index contributed by atoms with van der Waals surface area (Å²) in [4.78, 5) is 177. The minimum absolute atomic E-state index is 0.0275. The number of hydrogen-bond donors (Lipinski definition) is 6. The van der Waals surface area contributed by atoms with Crippen molar-refractivity contribution in [2.24, 2.45) is 17.8 Å². The Kier molecular flexibility index (Phi) is 32.0. The quantitative estimate of drug-likeness (QED) is 0.0923. The summed E-state index contributed by atoms with van der Waals surface area (Å²) in [7, 11) is 10.0. The Hall–Kier alpha value is -9.07. The Morgan fingerprint density at radius 3 is 1.29 bits per heavy atom. The third-order valence-corrected chi connectivity index (χ3v) is 20.0. The molecule has 12 atom stereocenters. The zero-order valence-corrected chi connectivity index (χ0v) is 63.6. The van der Waals surface area contributed by atoms with Gasteiger partial charge in [0.1, 0.15) is 54.6 Å². The molecular formula is C79H114N12O13. The van der Waals surface area contributed by atoms with Gasteiger partial charge in [0.15, 0.2) is 0 Å². The largest absolute Gasteiger partial charge is 0.391 e. The predicted molar refractivity (Wildman–Crippen MR) is 397 cm³/mol. The van der Waals surface area contributed by atoms with Crippen LogP contribution < -0.4 is 21.3 Å². The second kappa shape index (κ2) is 39.7. The van der Waals surface area contributed by atoms with Crippen LogP contribution in [0, 0.1) is 17.8 Å². The number of piperidine rings is 1. The van der Waals surface area contributed by atoms with E-state index in [4.69, 9.17) is 0 Å². The number of benzene rings is 4. The van der Waals surface area contributed by atoms with E-state index in [0.29, 0.717) is 48.2 Å². The molecule has 0 aromatic heterocycles. The van der Waals surface area contributed by atoms with E-state index in [0.717, 1.165) is 11.3 Å². The molecule has 2 saturated heterocycles. The first-order valence-electron chi connectivity index (χ1n) is 36.5. The number of aliphatic hydroxyl groups excluding tert-OH is 2. The minimum Gasteiger partial charge on any atom is -0.391 e. The van der Waals surface area contributed by atoms with E-state index in [2.05, 4.69) is 21.3 Å². The lowest BCUT2D eigenvalue weighted by atomic mass is 9.97. The number of rotatable bonds is 16. The van der Waals surface area contributed by atoms with Gasteiger partial charge in [-0.2, -0.15) is 0 Å². The molecule has 0 spiro atoms. The van der Waals surface area contributed by atoms with E-state index in [1.54, 1.807) is 127 Å². The van der Waals surface area contributed by atoms with Gasteiger partial charge in [-0.15, -0.1) is 0 Å². The predicted octanol–water partition coefficient (Wildman–Crippen LogP) is 4.06. The molecule has 2 aliphatic rings. The average molecular weight is 1440 g/mol. The second-order valence-corrected chi connectivity index (χ2v) is 29.6. The normalized spacial score (nSPS) is 25.2. The third kappa shape index (κ3) is 23.5. The highest BCUT2D eigenvalue weighted by atomic mass is 16.3. The van der Waals surface area contributed by atoms with E-state index >= 15 is 38.4 Å². The first-order valence-corrected chi connectivity index (χ1v) is 36.5. The summed E-state index contributed by atoms with van der Waals surface area (Å²) in [5, 5.41) is 35.3. The number of nitrogens with one attached hydrogen (secondary N) is 4. The average Bonchev–Trinajstić information content (AvgIpc) is 0.819. The van der Waals surface area contributed by atoms with E-state index < -0.39 is 151 Å². The number of aliphatic hydroxyl groups is 2. The van der Waals surface area contributed by atoms with Crippen LogP contribution in [0.1, 0.15) is 123 Å². The van der Waals surface area contributed by atoms with Crippen molar-refractivity contribution < 1.29 is 63.0 Å². The highest BCUT2D eigenvalue weighted by Gasteiger charge is 2.44. The molecule has 0 radical (unpaired) electrons. The fourth-order valence-corrected chi connectivity index (χ4v) is 13.4. The van der Waals surface area contributed by atoms with Gasteiger partial charge in [0.25, 0.3) is 0 Å². The Morgan fingerprint density at radius 1 is 0.433 bits per heavy atom. The summed E-state index contributed by atoms with van der Waals surface area (Å²) < 4.78 is 0. The summed E-state index contributed by atoms with van der Waals surface area (Å²) in [5.74, 6) is -8.28. The van der Waals surface area contributed by atoms with Crippen molar-refractivity contribution in [3.8, 4) is 0 Å². The third-order valence-electron chi connectivity index (χ3n) is 20.0. The number of carbonyl (C=O) groups is 11. The maximum absolute atomic E-state index is 15.5. The molecule has 568 valence electrons. The van der Waals surface area contributed by atoms with Gasteiger partial charge in [0.05, 0.1) is 31.2 Å². The van der Waals surface area contributed by atoms with Crippen LogP contribution >= 0.6 is 0 Å². The van der Waals surface area contributed by atoms with Crippen LogP contribution in [0.4, 0.5) is 0 Å². The van der Waals surface area contributed by atoms with Crippen LogP contribution in [0.3, 0.4) is 0 Å². The Balaban J connectivity index is 1.51. The summed E-state index contributed by atoms with van der Waals surface area (Å²) in [6.07, 6.45) is -1.67. The van der Waals surface area contributed by atoms with Crippen LogP contribution in [0.2, 0.25) is 0 Å². The van der Waals surface area contributed by atoms with Gasteiger partial charge in [-0.25, -0.2) is 0 Å². The molecule has 0 saturated carbocycles.